The molecule has 0 saturated carbocycles. The molecule has 0 bridgehead atoms. The van der Waals surface area contributed by atoms with Gasteiger partial charge in [0.15, 0.2) is 0 Å². The average Bonchev–Trinajstić information content (AvgIpc) is 1.59. The van der Waals surface area contributed by atoms with Crippen LogP contribution in [0.25, 0.3) is 84.3 Å². The van der Waals surface area contributed by atoms with Gasteiger partial charge in [0.2, 0.25) is 28.4 Å². The second kappa shape index (κ2) is 46.5. The van der Waals surface area contributed by atoms with Crippen molar-refractivity contribution in [2.75, 3.05) is 69.0 Å². The highest BCUT2D eigenvalue weighted by Gasteiger charge is 2.27. The molecule has 0 fully saturated rings. The number of aliphatic hydroxyl groups excluding tert-OH is 1. The molecule has 21 nitrogen and oxygen atoms in total. The third kappa shape index (κ3) is 22.4. The number of esters is 2. The largest absolute Gasteiger partial charge is 0.497 e. The number of aliphatic hydroxyl groups is 1. The first-order valence-electron chi connectivity index (χ1n) is 36.2. The van der Waals surface area contributed by atoms with E-state index in [-0.39, 0.29) is 73.9 Å². The van der Waals surface area contributed by atoms with Crippen LogP contribution in [0, 0.1) is 32.9 Å². The Balaban J connectivity index is 0.000000263. The maximum Gasteiger partial charge on any atom is 0.331 e. The zero-order valence-corrected chi connectivity index (χ0v) is 65.3. The first kappa shape index (κ1) is 94.8. The summed E-state index contributed by atoms with van der Waals surface area (Å²) in [6.07, 6.45) is 11.8. The van der Waals surface area contributed by atoms with Gasteiger partial charge in [0.05, 0.1) is 88.0 Å². The van der Waals surface area contributed by atoms with Gasteiger partial charge in [0, 0.05) is 151 Å². The zero-order chi connectivity index (χ0) is 80.3. The smallest absolute Gasteiger partial charge is 0.331 e. The minimum absolute atomic E-state index is 0. The SMILES string of the molecule is C.C.C.C.C.[C-]#[N+]c1c[nH]c2cc(OC)cc(/C(=C/C(=O)OCC)c3ccccc3)c12.[C-]#[N+]c1c[nH]c2cc(OC)cc(Br)c12.[C-]#[N+]c1c[nH]c2cc(OC)cc(C(CC(=O)OCC)c3ccccc3)c12.[C-]#[N+]c1c[nH]c2cc(OC)cc(C(CCNC)c3ccccc3)c12.[C-]#[N+]c1c[nH]c2cc(OC)cc(C(CCO)c3ccccc3)c12. The number of ether oxygens (including phenoxy) is 7. The van der Waals surface area contributed by atoms with Gasteiger partial charge in [-0.1, -0.05) is 174 Å². The normalized spacial score (nSPS) is 11.0. The van der Waals surface area contributed by atoms with Gasteiger partial charge < -0.3 is 68.5 Å². The van der Waals surface area contributed by atoms with Crippen LogP contribution in [-0.4, -0.2) is 111 Å². The number of H-pyrrole nitrogens is 5. The minimum atomic E-state index is -0.428. The Labute approximate surface area is 701 Å². The molecule has 5 heterocycles. The van der Waals surface area contributed by atoms with Gasteiger partial charge in [-0.15, -0.1) is 0 Å². The Morgan fingerprint density at radius 3 is 1.12 bits per heavy atom. The van der Waals surface area contributed by atoms with E-state index in [0.717, 1.165) is 128 Å². The van der Waals surface area contributed by atoms with E-state index in [1.165, 1.54) is 11.6 Å². The van der Waals surface area contributed by atoms with Crippen LogP contribution in [0.2, 0.25) is 0 Å². The van der Waals surface area contributed by atoms with E-state index >= 15 is 0 Å². The van der Waals surface area contributed by atoms with Gasteiger partial charge in [0.1, 0.15) is 28.7 Å². The summed E-state index contributed by atoms with van der Waals surface area (Å²) in [5.41, 5.74) is 15.9. The van der Waals surface area contributed by atoms with E-state index in [9.17, 15) is 14.7 Å². The van der Waals surface area contributed by atoms with Crippen molar-refractivity contribution < 1.29 is 47.9 Å². The minimum Gasteiger partial charge on any atom is -0.497 e. The third-order valence-electron chi connectivity index (χ3n) is 18.9. The highest BCUT2D eigenvalue weighted by Crippen LogP contribution is 2.45. The Morgan fingerprint density at radius 1 is 0.432 bits per heavy atom. The van der Waals surface area contributed by atoms with Crippen LogP contribution >= 0.6 is 15.9 Å². The molecular weight excluding hydrogens is 1550 g/mol. The Morgan fingerprint density at radius 2 is 0.754 bits per heavy atom. The molecule has 0 amide bonds. The van der Waals surface area contributed by atoms with Crippen molar-refractivity contribution in [1.82, 2.24) is 30.2 Å². The summed E-state index contributed by atoms with van der Waals surface area (Å²) in [5, 5.41) is 17.1. The standard InChI is InChI=1S/C21H20N2O3.C21H18N2O3.C20H21N3O.C19H18N2O2.C10H7BrN2O.5CH4/c2*1-4-26-20(24)12-16(14-8-6-5-7-9-14)17-10-15(25-3)11-18-21(17)19(22-2)13-23-18;1-21-10-9-16(14-7-5-4-6-8-14)17-11-15(24-3)12-18-20(17)19(22-2)13-23-18;1-20-18-12-21-17-11-14(23-2)10-16(19(17)18)15(8-9-22)13-6-4-3-5-7-13;1-12-9-5-13-8-4-6(14-2)3-7(11)10(8)9;;;;;/h5-11,13,16,23H,4,12H2,1,3H3;5-13,23H,4H2,1,3H3;4-8,11-13,16,21,23H,9-10H2,1,3H3;3-7,10-12,15,21-22H,8-9H2,2H3;3-5,13H,2H3;5*1H4/b;16-12+;;;;;;;;. The summed E-state index contributed by atoms with van der Waals surface area (Å²) < 4.78 is 38.0. The molecule has 118 heavy (non-hydrogen) atoms. The Bertz CT molecular complexity index is 5860. The first-order chi connectivity index (χ1) is 55.2. The van der Waals surface area contributed by atoms with Crippen molar-refractivity contribution in [2.45, 2.75) is 88.0 Å². The van der Waals surface area contributed by atoms with E-state index in [1.807, 2.05) is 147 Å². The van der Waals surface area contributed by atoms with Gasteiger partial charge in [-0.3, -0.25) is 4.79 Å². The van der Waals surface area contributed by atoms with Gasteiger partial charge in [-0.05, 0) is 121 Å². The molecule has 0 aliphatic rings. The second-order valence-electron chi connectivity index (χ2n) is 25.5. The number of nitrogens with one attached hydrogen (secondary N) is 6. The summed E-state index contributed by atoms with van der Waals surface area (Å²) in [7, 11) is 10.1. The number of hydrogen-bond acceptors (Lipinski definition) is 11. The van der Waals surface area contributed by atoms with E-state index in [2.05, 4.69) is 113 Å². The molecule has 14 rings (SSSR count). The quantitative estimate of drug-likeness (QED) is 0.0181. The Hall–Kier alpha value is -13.8. The van der Waals surface area contributed by atoms with Crippen molar-refractivity contribution in [2.24, 2.45) is 0 Å². The molecule has 3 atom stereocenters. The van der Waals surface area contributed by atoms with E-state index < -0.39 is 5.97 Å². The maximum absolute atomic E-state index is 12.3. The van der Waals surface area contributed by atoms with Gasteiger partial charge >= 0.3 is 11.9 Å². The lowest BCUT2D eigenvalue weighted by Crippen LogP contribution is -2.13. The van der Waals surface area contributed by atoms with Gasteiger partial charge in [-0.25, -0.2) is 29.0 Å². The predicted octanol–water partition coefficient (Wildman–Crippen LogP) is 24.9. The zero-order valence-electron chi connectivity index (χ0n) is 63.7. The van der Waals surface area contributed by atoms with Crippen molar-refractivity contribution >= 4 is 116 Å². The van der Waals surface area contributed by atoms with E-state index in [1.54, 1.807) is 80.4 Å². The number of fused-ring (bicyclic) bond motifs is 5. The summed E-state index contributed by atoms with van der Waals surface area (Å²) in [6, 6.07) is 58.9. The maximum atomic E-state index is 12.3. The van der Waals surface area contributed by atoms with Crippen LogP contribution in [0.3, 0.4) is 0 Å². The fraction of sp³-hybridized carbons (Fsp3) is 0.240. The number of aromatic nitrogens is 5. The average molecular weight is 1650 g/mol. The van der Waals surface area contributed by atoms with Crippen LogP contribution in [-0.2, 0) is 19.1 Å². The fourth-order valence-electron chi connectivity index (χ4n) is 13.7. The van der Waals surface area contributed by atoms with Crippen LogP contribution in [0.15, 0.2) is 224 Å². The summed E-state index contributed by atoms with van der Waals surface area (Å²) in [4.78, 5) is 58.0. The number of rotatable bonds is 23. The van der Waals surface area contributed by atoms with Crippen LogP contribution in [0.1, 0.15) is 133 Å². The van der Waals surface area contributed by atoms with Gasteiger partial charge in [-0.2, -0.15) is 0 Å². The number of aromatic amines is 5. The van der Waals surface area contributed by atoms with Crippen molar-refractivity contribution in [3.63, 3.8) is 0 Å². The highest BCUT2D eigenvalue weighted by molar-refractivity contribution is 9.10. The summed E-state index contributed by atoms with van der Waals surface area (Å²) in [6.45, 7) is 42.0. The summed E-state index contributed by atoms with van der Waals surface area (Å²) in [5.74, 6) is 2.91. The molecule has 7 N–H and O–H groups in total. The number of benzene rings is 9. The summed E-state index contributed by atoms with van der Waals surface area (Å²) >= 11 is 3.42. The van der Waals surface area contributed by atoms with E-state index in [0.29, 0.717) is 65.1 Å². The number of hydrogen-bond donors (Lipinski definition) is 7. The molecule has 0 radical (unpaired) electrons. The molecule has 0 saturated heterocycles. The predicted molar refractivity (Wildman–Crippen MR) is 483 cm³/mol. The van der Waals surface area contributed by atoms with Crippen LogP contribution in [0.4, 0.5) is 28.4 Å². The topological polar surface area (TPSA) is 232 Å². The number of carbonyl (C=O) groups is 2. The highest BCUT2D eigenvalue weighted by atomic mass is 79.9. The molecule has 0 aliphatic carbocycles. The molecule has 3 unspecified atom stereocenters. The van der Waals surface area contributed by atoms with E-state index in [4.69, 9.17) is 66.0 Å². The molecule has 0 spiro atoms. The molecule has 5 aromatic heterocycles. The van der Waals surface area contributed by atoms with Crippen molar-refractivity contribution in [1.29, 1.82) is 0 Å². The fourth-order valence-corrected chi connectivity index (χ4v) is 14.4. The Kier molecular flexibility index (Phi) is 37.4. The van der Waals surface area contributed by atoms with Crippen LogP contribution < -0.4 is 29.0 Å². The lowest BCUT2D eigenvalue weighted by molar-refractivity contribution is -0.143. The molecular formula is C96H104BrN11O10. The van der Waals surface area contributed by atoms with Crippen LogP contribution in [0.5, 0.6) is 28.7 Å². The number of methoxy groups -OCH3 is 5. The second-order valence-corrected chi connectivity index (χ2v) is 26.3. The monoisotopic (exact) mass is 1650 g/mol. The number of halogens is 1. The molecule has 9 aromatic carbocycles. The lowest BCUT2D eigenvalue weighted by atomic mass is 9.86. The molecule has 22 heteroatoms. The number of carbonyl (C=O) groups excluding carboxylic acids is 2. The third-order valence-corrected chi connectivity index (χ3v) is 19.5. The first-order valence-corrected chi connectivity index (χ1v) is 36.9. The number of nitrogens with zero attached hydrogens (tertiary/aromatic N) is 5. The van der Waals surface area contributed by atoms with Crippen molar-refractivity contribution in [3.8, 4) is 28.7 Å². The molecule has 14 aromatic rings. The van der Waals surface area contributed by atoms with Gasteiger partial charge in [0.25, 0.3) is 0 Å². The lowest BCUT2D eigenvalue weighted by Gasteiger charge is -2.20. The molecule has 0 aliphatic heterocycles. The van der Waals surface area contributed by atoms with Crippen molar-refractivity contribution in [3.05, 3.63) is 325 Å². The molecule has 610 valence electrons.